The smallest absolute Gasteiger partial charge is 0.213 e. The maximum absolute atomic E-state index is 14.5. The Morgan fingerprint density at radius 3 is 2.89 bits per heavy atom. The molecule has 5 heterocycles. The van der Waals surface area contributed by atoms with E-state index in [4.69, 9.17) is 15.5 Å². The van der Waals surface area contributed by atoms with Crippen LogP contribution in [0, 0.1) is 23.1 Å². The van der Waals surface area contributed by atoms with E-state index in [1.54, 1.807) is 18.3 Å². The molecule has 0 saturated carbocycles. The van der Waals surface area contributed by atoms with E-state index in [2.05, 4.69) is 31.9 Å². The molecule has 0 unspecified atom stereocenters. The number of anilines is 1. The summed E-state index contributed by atoms with van der Waals surface area (Å²) in [5.41, 5.74) is 8.59. The average molecular weight is 476 g/mol. The van der Waals surface area contributed by atoms with Gasteiger partial charge >= 0.3 is 0 Å². The fraction of sp³-hybridized carbons (Fsp3) is 0.400. The van der Waals surface area contributed by atoms with Crippen LogP contribution in [0.5, 0.6) is 0 Å². The van der Waals surface area contributed by atoms with E-state index in [-0.39, 0.29) is 35.3 Å². The molecule has 2 aliphatic heterocycles. The molecule has 2 fully saturated rings. The molecule has 180 valence electrons. The van der Waals surface area contributed by atoms with Crippen molar-refractivity contribution >= 4 is 22.6 Å². The fourth-order valence-electron chi connectivity index (χ4n) is 5.29. The summed E-state index contributed by atoms with van der Waals surface area (Å²) in [6.45, 7) is 4.00. The van der Waals surface area contributed by atoms with Gasteiger partial charge < -0.3 is 20.5 Å². The monoisotopic (exact) mass is 475 g/mol. The van der Waals surface area contributed by atoms with E-state index >= 15 is 0 Å². The molecule has 3 aromatic heterocycles. The minimum Gasteiger partial charge on any atom is -0.392 e. The molecule has 4 N–H and O–H groups in total. The summed E-state index contributed by atoms with van der Waals surface area (Å²) >= 11 is 0. The van der Waals surface area contributed by atoms with Crippen molar-refractivity contribution in [2.75, 3.05) is 24.6 Å². The average Bonchev–Trinajstić information content (AvgIpc) is 3.58. The van der Waals surface area contributed by atoms with Crippen LogP contribution >= 0.6 is 0 Å². The SMILES string of the molecule is C[C@@H]1OCC2(CCN(c3nc4[nH]nc(C#Cc5cccc(CO)c5F)c4c4nccn34)CC2)[C@@H]1N. The van der Waals surface area contributed by atoms with Crippen LogP contribution in [0.1, 0.15) is 36.6 Å². The van der Waals surface area contributed by atoms with Gasteiger partial charge in [-0.25, -0.2) is 9.37 Å². The molecule has 9 nitrogen and oxygen atoms in total. The predicted molar refractivity (Wildman–Crippen MR) is 128 cm³/mol. The second-order valence-corrected chi connectivity index (χ2v) is 9.41. The van der Waals surface area contributed by atoms with Crippen LogP contribution in [0.4, 0.5) is 10.3 Å². The molecule has 2 saturated heterocycles. The van der Waals surface area contributed by atoms with E-state index in [0.717, 1.165) is 31.9 Å². The lowest BCUT2D eigenvalue weighted by Crippen LogP contribution is -2.51. The van der Waals surface area contributed by atoms with Crippen molar-refractivity contribution in [3.63, 3.8) is 0 Å². The number of nitrogens with zero attached hydrogens (tertiary/aromatic N) is 5. The molecule has 2 atom stereocenters. The highest BCUT2D eigenvalue weighted by Gasteiger charge is 2.47. The molecule has 0 radical (unpaired) electrons. The zero-order valence-corrected chi connectivity index (χ0v) is 19.3. The van der Waals surface area contributed by atoms with E-state index < -0.39 is 5.82 Å². The first-order valence-electron chi connectivity index (χ1n) is 11.7. The van der Waals surface area contributed by atoms with Gasteiger partial charge in [-0.3, -0.25) is 9.50 Å². The first-order chi connectivity index (χ1) is 17.0. The standard InChI is InChI=1S/C25H26FN7O2/c1-15-21(27)25(14-35-15)7-10-32(11-8-25)24-29-22-19(23-28-9-12-33(23)24)18(30-31-22)6-5-16-3-2-4-17(13-34)20(16)26/h2-4,9,12,15,21,34H,7-8,10-11,13-14,27H2,1H3,(H,30,31)/t15-,21+/m0/s1. The molecule has 0 amide bonds. The van der Waals surface area contributed by atoms with Crippen LogP contribution in [0.25, 0.3) is 16.7 Å². The van der Waals surface area contributed by atoms with Crippen LogP contribution in [0.15, 0.2) is 30.6 Å². The number of aromatic nitrogens is 5. The number of rotatable bonds is 2. The van der Waals surface area contributed by atoms with Gasteiger partial charge in [-0.15, -0.1) is 0 Å². The number of nitrogens with one attached hydrogen (secondary N) is 1. The zero-order valence-electron chi connectivity index (χ0n) is 19.3. The Balaban J connectivity index is 1.35. The lowest BCUT2D eigenvalue weighted by Gasteiger charge is -2.41. The van der Waals surface area contributed by atoms with Crippen molar-refractivity contribution in [2.45, 2.75) is 38.5 Å². The van der Waals surface area contributed by atoms with Crippen LogP contribution in [-0.2, 0) is 11.3 Å². The first-order valence-corrected chi connectivity index (χ1v) is 11.7. The molecule has 1 spiro atoms. The van der Waals surface area contributed by atoms with Crippen LogP contribution in [-0.4, -0.2) is 61.5 Å². The van der Waals surface area contributed by atoms with Crippen LogP contribution in [0.2, 0.25) is 0 Å². The molecule has 10 heteroatoms. The second-order valence-electron chi connectivity index (χ2n) is 9.41. The van der Waals surface area contributed by atoms with Crippen LogP contribution < -0.4 is 10.6 Å². The van der Waals surface area contributed by atoms with Gasteiger partial charge in [0, 0.05) is 42.5 Å². The number of halogens is 1. The van der Waals surface area contributed by atoms with E-state index in [1.165, 1.54) is 6.07 Å². The number of benzene rings is 1. The Morgan fingerprint density at radius 2 is 2.14 bits per heavy atom. The Morgan fingerprint density at radius 1 is 1.31 bits per heavy atom. The lowest BCUT2D eigenvalue weighted by molar-refractivity contribution is 0.0973. The fourth-order valence-corrected chi connectivity index (χ4v) is 5.29. The Bertz CT molecular complexity index is 1480. The van der Waals surface area contributed by atoms with Crippen LogP contribution in [0.3, 0.4) is 0 Å². The minimum atomic E-state index is -0.529. The summed E-state index contributed by atoms with van der Waals surface area (Å²) in [7, 11) is 0. The molecule has 4 aromatic rings. The predicted octanol–water partition coefficient (Wildman–Crippen LogP) is 1.97. The molecule has 35 heavy (non-hydrogen) atoms. The number of H-pyrrole nitrogens is 1. The maximum Gasteiger partial charge on any atom is 0.213 e. The van der Waals surface area contributed by atoms with Gasteiger partial charge in [0.1, 0.15) is 11.5 Å². The van der Waals surface area contributed by atoms with Crippen molar-refractivity contribution < 1.29 is 14.2 Å². The molecule has 0 aliphatic carbocycles. The maximum atomic E-state index is 14.5. The van der Waals surface area contributed by atoms with Gasteiger partial charge in [-0.05, 0) is 31.8 Å². The normalized spacial score (nSPS) is 21.7. The summed E-state index contributed by atoms with van der Waals surface area (Å²) in [5, 5.41) is 17.3. The summed E-state index contributed by atoms with van der Waals surface area (Å²) in [4.78, 5) is 11.7. The summed E-state index contributed by atoms with van der Waals surface area (Å²) in [5.74, 6) is 6.04. The zero-order chi connectivity index (χ0) is 24.2. The number of aromatic amines is 1. The Kier molecular flexibility index (Phi) is 5.21. The number of ether oxygens (including phenoxy) is 1. The van der Waals surface area contributed by atoms with Gasteiger partial charge in [0.25, 0.3) is 0 Å². The number of fused-ring (bicyclic) bond motifs is 3. The highest BCUT2D eigenvalue weighted by molar-refractivity contribution is 5.94. The second kappa shape index (κ2) is 8.30. The van der Waals surface area contributed by atoms with Crippen molar-refractivity contribution in [3.8, 4) is 11.8 Å². The number of imidazole rings is 1. The highest BCUT2D eigenvalue weighted by Crippen LogP contribution is 2.42. The van der Waals surface area contributed by atoms with Crippen molar-refractivity contribution in [2.24, 2.45) is 11.1 Å². The van der Waals surface area contributed by atoms with Gasteiger partial charge in [0.15, 0.2) is 11.3 Å². The third-order valence-corrected chi connectivity index (χ3v) is 7.49. The Hall–Kier alpha value is -3.52. The first kappa shape index (κ1) is 22.0. The van der Waals surface area contributed by atoms with Gasteiger partial charge in [-0.2, -0.15) is 10.1 Å². The summed E-state index contributed by atoms with van der Waals surface area (Å²) < 4.78 is 22.3. The third-order valence-electron chi connectivity index (χ3n) is 7.49. The topological polar surface area (TPSA) is 118 Å². The quantitative estimate of drug-likeness (QED) is 0.380. The van der Waals surface area contributed by atoms with Crippen molar-refractivity contribution in [3.05, 3.63) is 53.2 Å². The van der Waals surface area contributed by atoms with Gasteiger partial charge in [0.05, 0.1) is 30.3 Å². The summed E-state index contributed by atoms with van der Waals surface area (Å²) in [6.07, 6.45) is 5.56. The molecular weight excluding hydrogens is 449 g/mol. The molecular formula is C25H26FN7O2. The lowest BCUT2D eigenvalue weighted by atomic mass is 9.73. The number of hydrogen-bond donors (Lipinski definition) is 3. The highest BCUT2D eigenvalue weighted by atomic mass is 19.1. The number of aliphatic hydroxyl groups excluding tert-OH is 1. The van der Waals surface area contributed by atoms with E-state index in [9.17, 15) is 9.50 Å². The van der Waals surface area contributed by atoms with E-state index in [1.807, 2.05) is 17.5 Å². The molecule has 6 rings (SSSR count). The molecule has 0 bridgehead atoms. The van der Waals surface area contributed by atoms with Gasteiger partial charge in [-0.1, -0.05) is 18.1 Å². The minimum absolute atomic E-state index is 0.0213. The molecule has 2 aliphatic rings. The molecule has 1 aromatic carbocycles. The number of aliphatic hydroxyl groups is 1. The van der Waals surface area contributed by atoms with Crippen molar-refractivity contribution in [1.29, 1.82) is 0 Å². The van der Waals surface area contributed by atoms with Crippen molar-refractivity contribution in [1.82, 2.24) is 24.6 Å². The third kappa shape index (κ3) is 3.46. The van der Waals surface area contributed by atoms with Gasteiger partial charge in [0.2, 0.25) is 5.95 Å². The van der Waals surface area contributed by atoms with E-state index in [0.29, 0.717) is 29.0 Å². The number of piperidine rings is 1. The summed E-state index contributed by atoms with van der Waals surface area (Å²) in [6, 6.07) is 4.81. The largest absolute Gasteiger partial charge is 0.392 e. The number of hydrogen-bond acceptors (Lipinski definition) is 7. The number of nitrogens with two attached hydrogens (primary N) is 1. The Labute approximate surface area is 201 Å².